The zero-order chi connectivity index (χ0) is 17.6. The van der Waals surface area contributed by atoms with Gasteiger partial charge in [0.2, 0.25) is 5.88 Å². The number of carbonyl (C=O) groups is 1. The average Bonchev–Trinajstić information content (AvgIpc) is 3.04. The molecule has 1 N–H and O–H groups in total. The number of rotatable bonds is 7. The van der Waals surface area contributed by atoms with Crippen molar-refractivity contribution >= 4 is 22.9 Å². The third-order valence-electron chi connectivity index (χ3n) is 3.77. The number of nitrogens with zero attached hydrogens (tertiary/aromatic N) is 2. The Kier molecular flexibility index (Phi) is 5.18. The van der Waals surface area contributed by atoms with E-state index < -0.39 is 0 Å². The molecular weight excluding hydrogens is 321 g/mol. The quantitative estimate of drug-likeness (QED) is 0.705. The van der Waals surface area contributed by atoms with Gasteiger partial charge in [0.05, 0.1) is 5.39 Å². The van der Waals surface area contributed by atoms with Crippen LogP contribution in [0.5, 0.6) is 5.88 Å². The molecule has 25 heavy (non-hydrogen) atoms. The van der Waals surface area contributed by atoms with Crippen LogP contribution in [0.1, 0.15) is 30.9 Å². The Bertz CT molecular complexity index is 918. The number of allylic oxidation sites excluding steroid dienone is 1. The van der Waals surface area contributed by atoms with E-state index in [0.29, 0.717) is 29.9 Å². The third kappa shape index (κ3) is 4.09. The second kappa shape index (κ2) is 7.70. The predicted octanol–water partition coefficient (Wildman–Crippen LogP) is 4.06. The fourth-order valence-corrected chi connectivity index (χ4v) is 2.44. The van der Waals surface area contributed by atoms with Gasteiger partial charge in [0.15, 0.2) is 0 Å². The zero-order valence-corrected chi connectivity index (χ0v) is 13.8. The summed E-state index contributed by atoms with van der Waals surface area (Å²) in [4.78, 5) is 22.9. The summed E-state index contributed by atoms with van der Waals surface area (Å²) in [5.41, 5.74) is 2.20. The Hall–Kier alpha value is -3.02. The van der Waals surface area contributed by atoms with Crippen molar-refractivity contribution in [3.63, 3.8) is 0 Å². The highest BCUT2D eigenvalue weighted by Gasteiger charge is 2.11. The Balaban J connectivity index is 1.83. The first-order valence-electron chi connectivity index (χ1n) is 8.05. The van der Waals surface area contributed by atoms with Gasteiger partial charge in [-0.25, -0.2) is 14.4 Å². The molecule has 0 aliphatic rings. The molecule has 0 fully saturated rings. The summed E-state index contributed by atoms with van der Waals surface area (Å²) in [5, 5.41) is 0.735. The van der Waals surface area contributed by atoms with Crippen LogP contribution in [0.3, 0.4) is 0 Å². The molecule has 0 atom stereocenters. The van der Waals surface area contributed by atoms with Crippen molar-refractivity contribution in [3.8, 4) is 5.88 Å². The summed E-state index contributed by atoms with van der Waals surface area (Å²) in [5.74, 6) is 0.284. The van der Waals surface area contributed by atoms with E-state index in [2.05, 4.69) is 15.0 Å². The van der Waals surface area contributed by atoms with Gasteiger partial charge in [-0.05, 0) is 17.7 Å². The number of fused-ring (bicyclic) bond motifs is 1. The monoisotopic (exact) mass is 339 g/mol. The molecule has 0 amide bonds. The van der Waals surface area contributed by atoms with Gasteiger partial charge in [0.25, 0.3) is 0 Å². The van der Waals surface area contributed by atoms with E-state index in [0.717, 1.165) is 10.9 Å². The summed E-state index contributed by atoms with van der Waals surface area (Å²) >= 11 is 0. The van der Waals surface area contributed by atoms with Gasteiger partial charge in [-0.1, -0.05) is 31.2 Å². The summed E-state index contributed by atoms with van der Waals surface area (Å²) in [7, 11) is 0. The molecule has 0 aliphatic carbocycles. The number of halogens is 1. The van der Waals surface area contributed by atoms with Crippen molar-refractivity contribution in [1.82, 2.24) is 15.0 Å². The van der Waals surface area contributed by atoms with E-state index in [4.69, 9.17) is 4.74 Å². The summed E-state index contributed by atoms with van der Waals surface area (Å²) in [6, 6.07) is 6.24. The first-order valence-corrected chi connectivity index (χ1v) is 8.05. The Morgan fingerprint density at radius 1 is 1.36 bits per heavy atom. The van der Waals surface area contributed by atoms with E-state index >= 15 is 0 Å². The highest BCUT2D eigenvalue weighted by atomic mass is 19.1. The van der Waals surface area contributed by atoms with E-state index in [1.807, 2.05) is 19.1 Å². The van der Waals surface area contributed by atoms with Crippen LogP contribution in [0.2, 0.25) is 0 Å². The summed E-state index contributed by atoms with van der Waals surface area (Å²) in [6.45, 7) is 2.04. The lowest BCUT2D eigenvalue weighted by Crippen LogP contribution is -1.99. The highest BCUT2D eigenvalue weighted by molar-refractivity contribution is 5.91. The highest BCUT2D eigenvalue weighted by Crippen LogP contribution is 2.27. The van der Waals surface area contributed by atoms with Gasteiger partial charge in [0, 0.05) is 24.6 Å². The number of nitrogens with one attached hydrogen (secondary N) is 1. The van der Waals surface area contributed by atoms with Gasteiger partial charge < -0.3 is 9.72 Å². The number of hydrogen-bond acceptors (Lipinski definition) is 4. The lowest BCUT2D eigenvalue weighted by atomic mass is 10.1. The van der Waals surface area contributed by atoms with E-state index in [1.54, 1.807) is 18.3 Å². The molecule has 5 nitrogen and oxygen atoms in total. The molecule has 2 aromatic heterocycles. The van der Waals surface area contributed by atoms with Gasteiger partial charge in [-0.3, -0.25) is 4.79 Å². The maximum absolute atomic E-state index is 13.3. The lowest BCUT2D eigenvalue weighted by molar-refractivity contribution is -0.117. The molecule has 0 bridgehead atoms. The van der Waals surface area contributed by atoms with Crippen molar-refractivity contribution in [2.45, 2.75) is 26.4 Å². The standard InChI is InChI=1S/C19H18FN3O2/c1-2-16(24)8-4-6-14-10-21-18-17(14)19(23-12-22-18)25-11-13-5-3-7-15(20)9-13/h3-7,9-10,12H,2,8,11H2,1H3,(H,21,22,23)/b6-4+. The minimum absolute atomic E-state index is 0.176. The van der Waals surface area contributed by atoms with E-state index in [1.165, 1.54) is 18.5 Å². The number of ketones is 1. The van der Waals surface area contributed by atoms with Crippen LogP contribution in [0.15, 0.2) is 42.9 Å². The second-order valence-electron chi connectivity index (χ2n) is 5.56. The smallest absolute Gasteiger partial charge is 0.227 e. The zero-order valence-electron chi connectivity index (χ0n) is 13.8. The van der Waals surface area contributed by atoms with Crippen molar-refractivity contribution in [2.24, 2.45) is 0 Å². The van der Waals surface area contributed by atoms with Gasteiger partial charge in [-0.2, -0.15) is 0 Å². The number of carbonyl (C=O) groups excluding carboxylic acids is 1. The number of Topliss-reactive ketones (excluding diaryl/α,β-unsaturated/α-hetero) is 1. The van der Waals surface area contributed by atoms with Crippen LogP contribution in [-0.2, 0) is 11.4 Å². The molecule has 0 radical (unpaired) electrons. The van der Waals surface area contributed by atoms with E-state index in [9.17, 15) is 9.18 Å². The molecule has 1 aromatic carbocycles. The molecular formula is C19H18FN3O2. The molecule has 128 valence electrons. The number of benzene rings is 1. The van der Waals surface area contributed by atoms with E-state index in [-0.39, 0.29) is 18.2 Å². The normalized spacial score (nSPS) is 11.3. The molecule has 2 heterocycles. The Labute approximate surface area is 144 Å². The first kappa shape index (κ1) is 16.8. The number of ether oxygens (including phenoxy) is 1. The van der Waals surface area contributed by atoms with Crippen molar-refractivity contribution < 1.29 is 13.9 Å². The molecule has 3 rings (SSSR count). The Morgan fingerprint density at radius 3 is 3.04 bits per heavy atom. The Morgan fingerprint density at radius 2 is 2.24 bits per heavy atom. The number of hydrogen-bond donors (Lipinski definition) is 1. The molecule has 3 aromatic rings. The van der Waals surface area contributed by atoms with Crippen LogP contribution >= 0.6 is 0 Å². The van der Waals surface area contributed by atoms with Crippen LogP contribution in [0.25, 0.3) is 17.1 Å². The molecule has 6 heteroatoms. The third-order valence-corrected chi connectivity index (χ3v) is 3.77. The SMILES string of the molecule is CCC(=O)C/C=C/c1c[nH]c2ncnc(OCc3cccc(F)c3)c12. The van der Waals surface area contributed by atoms with Crippen LogP contribution in [0, 0.1) is 5.82 Å². The largest absolute Gasteiger partial charge is 0.472 e. The van der Waals surface area contributed by atoms with Crippen molar-refractivity contribution in [1.29, 1.82) is 0 Å². The fraction of sp³-hybridized carbons (Fsp3) is 0.211. The maximum Gasteiger partial charge on any atom is 0.227 e. The van der Waals surface area contributed by atoms with Gasteiger partial charge in [0.1, 0.15) is 30.2 Å². The van der Waals surface area contributed by atoms with Crippen LogP contribution in [0.4, 0.5) is 4.39 Å². The average molecular weight is 339 g/mol. The predicted molar refractivity (Wildman–Crippen MR) is 93.6 cm³/mol. The lowest BCUT2D eigenvalue weighted by Gasteiger charge is -2.07. The number of aromatic amines is 1. The maximum atomic E-state index is 13.3. The molecule has 0 aliphatic heterocycles. The second-order valence-corrected chi connectivity index (χ2v) is 5.56. The molecule has 0 spiro atoms. The minimum Gasteiger partial charge on any atom is -0.472 e. The van der Waals surface area contributed by atoms with Crippen molar-refractivity contribution in [2.75, 3.05) is 0 Å². The van der Waals surface area contributed by atoms with Crippen LogP contribution < -0.4 is 4.74 Å². The van der Waals surface area contributed by atoms with Crippen molar-refractivity contribution in [3.05, 3.63) is 59.8 Å². The first-order chi connectivity index (χ1) is 12.2. The minimum atomic E-state index is -0.306. The summed E-state index contributed by atoms with van der Waals surface area (Å²) < 4.78 is 19.0. The van der Waals surface area contributed by atoms with Gasteiger partial charge >= 0.3 is 0 Å². The number of H-pyrrole nitrogens is 1. The fourth-order valence-electron chi connectivity index (χ4n) is 2.44. The van der Waals surface area contributed by atoms with Gasteiger partial charge in [-0.15, -0.1) is 0 Å². The summed E-state index contributed by atoms with van der Waals surface area (Å²) in [6.07, 6.45) is 7.78. The topological polar surface area (TPSA) is 67.9 Å². The molecule has 0 saturated carbocycles. The van der Waals surface area contributed by atoms with Crippen LogP contribution in [-0.4, -0.2) is 20.7 Å². The molecule has 0 saturated heterocycles. The molecule has 0 unspecified atom stereocenters. The number of aromatic nitrogens is 3.